The molecular formula is C12H17N3O3. The Balaban J connectivity index is 2.61. The SMILES string of the molecule is CCCC(NC(=O)Nc1cnccc1C)C(=O)O. The molecule has 1 unspecified atom stereocenters. The van der Waals surface area contributed by atoms with E-state index in [1.807, 2.05) is 13.8 Å². The van der Waals surface area contributed by atoms with Crippen molar-refractivity contribution in [3.8, 4) is 0 Å². The van der Waals surface area contributed by atoms with Gasteiger partial charge in [0.1, 0.15) is 6.04 Å². The standard InChI is InChI=1S/C12H17N3O3/c1-3-4-9(11(16)17)14-12(18)15-10-7-13-6-5-8(10)2/h5-7,9H,3-4H2,1-2H3,(H,16,17)(H2,14,15,18). The Hall–Kier alpha value is -2.11. The van der Waals surface area contributed by atoms with Crippen molar-refractivity contribution in [2.75, 3.05) is 5.32 Å². The summed E-state index contributed by atoms with van der Waals surface area (Å²) in [7, 11) is 0. The molecule has 0 aliphatic rings. The first-order chi connectivity index (χ1) is 8.54. The lowest BCUT2D eigenvalue weighted by Crippen LogP contribution is -2.43. The Kier molecular flexibility index (Phi) is 5.10. The summed E-state index contributed by atoms with van der Waals surface area (Å²) in [5, 5.41) is 13.9. The predicted octanol–water partition coefficient (Wildman–Crippen LogP) is 1.76. The molecule has 1 aromatic heterocycles. The molecule has 6 heteroatoms. The van der Waals surface area contributed by atoms with Crippen LogP contribution in [-0.4, -0.2) is 28.1 Å². The number of rotatable bonds is 5. The van der Waals surface area contributed by atoms with E-state index in [0.29, 0.717) is 18.5 Å². The van der Waals surface area contributed by atoms with Crippen LogP contribution in [0.2, 0.25) is 0 Å². The van der Waals surface area contributed by atoms with Gasteiger partial charge >= 0.3 is 12.0 Å². The topological polar surface area (TPSA) is 91.3 Å². The van der Waals surface area contributed by atoms with Crippen LogP contribution in [-0.2, 0) is 4.79 Å². The van der Waals surface area contributed by atoms with Gasteiger partial charge in [-0.25, -0.2) is 9.59 Å². The van der Waals surface area contributed by atoms with Crippen LogP contribution in [0.25, 0.3) is 0 Å². The first-order valence-corrected chi connectivity index (χ1v) is 5.75. The van der Waals surface area contributed by atoms with E-state index in [9.17, 15) is 9.59 Å². The Morgan fingerprint density at radius 1 is 1.50 bits per heavy atom. The lowest BCUT2D eigenvalue weighted by atomic mass is 10.2. The van der Waals surface area contributed by atoms with E-state index in [-0.39, 0.29) is 0 Å². The van der Waals surface area contributed by atoms with Crippen LogP contribution < -0.4 is 10.6 Å². The number of hydrogen-bond donors (Lipinski definition) is 3. The number of aliphatic carboxylic acids is 1. The summed E-state index contributed by atoms with van der Waals surface area (Å²) >= 11 is 0. The minimum Gasteiger partial charge on any atom is -0.480 e. The molecular weight excluding hydrogens is 234 g/mol. The molecule has 0 saturated carbocycles. The Bertz CT molecular complexity index is 434. The van der Waals surface area contributed by atoms with Gasteiger partial charge in [-0.05, 0) is 25.0 Å². The largest absolute Gasteiger partial charge is 0.480 e. The second kappa shape index (κ2) is 6.58. The summed E-state index contributed by atoms with van der Waals surface area (Å²) in [6, 6.07) is 0.356. The zero-order valence-electron chi connectivity index (χ0n) is 10.4. The second-order valence-electron chi connectivity index (χ2n) is 3.97. The highest BCUT2D eigenvalue weighted by Crippen LogP contribution is 2.11. The van der Waals surface area contributed by atoms with Gasteiger partial charge in [-0.15, -0.1) is 0 Å². The van der Waals surface area contributed by atoms with Gasteiger partial charge < -0.3 is 15.7 Å². The zero-order chi connectivity index (χ0) is 13.5. The minimum absolute atomic E-state index is 0.398. The smallest absolute Gasteiger partial charge is 0.326 e. The minimum atomic E-state index is -1.03. The molecule has 6 nitrogen and oxygen atoms in total. The number of carboxylic acids is 1. The Morgan fingerprint density at radius 3 is 2.78 bits per heavy atom. The molecule has 0 saturated heterocycles. The predicted molar refractivity (Wildman–Crippen MR) is 67.5 cm³/mol. The number of carbonyl (C=O) groups is 2. The highest BCUT2D eigenvalue weighted by atomic mass is 16.4. The molecule has 1 aromatic rings. The van der Waals surface area contributed by atoms with Crippen LogP contribution >= 0.6 is 0 Å². The van der Waals surface area contributed by atoms with Crippen molar-refractivity contribution in [3.63, 3.8) is 0 Å². The fraction of sp³-hybridized carbons (Fsp3) is 0.417. The number of pyridine rings is 1. The Labute approximate surface area is 105 Å². The molecule has 0 spiro atoms. The van der Waals surface area contributed by atoms with Crippen LogP contribution in [0.5, 0.6) is 0 Å². The maximum atomic E-state index is 11.6. The molecule has 0 aliphatic heterocycles. The van der Waals surface area contributed by atoms with E-state index in [2.05, 4.69) is 15.6 Å². The fourth-order valence-corrected chi connectivity index (χ4v) is 1.46. The maximum Gasteiger partial charge on any atom is 0.326 e. The van der Waals surface area contributed by atoms with Crippen molar-refractivity contribution >= 4 is 17.7 Å². The monoisotopic (exact) mass is 251 g/mol. The molecule has 2 amide bonds. The maximum absolute atomic E-state index is 11.6. The fourth-order valence-electron chi connectivity index (χ4n) is 1.46. The van der Waals surface area contributed by atoms with E-state index >= 15 is 0 Å². The van der Waals surface area contributed by atoms with Crippen molar-refractivity contribution in [1.29, 1.82) is 0 Å². The van der Waals surface area contributed by atoms with Gasteiger partial charge in [0.15, 0.2) is 0 Å². The number of carbonyl (C=O) groups excluding carboxylic acids is 1. The van der Waals surface area contributed by atoms with Crippen molar-refractivity contribution in [3.05, 3.63) is 24.0 Å². The number of carboxylic acid groups (broad SMARTS) is 1. The molecule has 3 N–H and O–H groups in total. The quantitative estimate of drug-likeness (QED) is 0.743. The molecule has 0 aromatic carbocycles. The van der Waals surface area contributed by atoms with Crippen molar-refractivity contribution in [1.82, 2.24) is 10.3 Å². The summed E-state index contributed by atoms with van der Waals surface area (Å²) in [5.41, 5.74) is 1.43. The van der Waals surface area contributed by atoms with Crippen molar-refractivity contribution in [2.45, 2.75) is 32.7 Å². The first kappa shape index (κ1) is 14.0. The molecule has 1 heterocycles. The normalized spacial score (nSPS) is 11.7. The lowest BCUT2D eigenvalue weighted by molar-refractivity contribution is -0.139. The van der Waals surface area contributed by atoms with E-state index in [0.717, 1.165) is 5.56 Å². The van der Waals surface area contributed by atoms with Gasteiger partial charge in [-0.3, -0.25) is 4.98 Å². The molecule has 0 radical (unpaired) electrons. The highest BCUT2D eigenvalue weighted by Gasteiger charge is 2.18. The summed E-state index contributed by atoms with van der Waals surface area (Å²) in [5.74, 6) is -1.03. The third-order valence-corrected chi connectivity index (χ3v) is 2.47. The zero-order valence-corrected chi connectivity index (χ0v) is 10.4. The van der Waals surface area contributed by atoms with Crippen LogP contribution in [0.3, 0.4) is 0 Å². The molecule has 98 valence electrons. The van der Waals surface area contributed by atoms with Gasteiger partial charge in [-0.1, -0.05) is 13.3 Å². The van der Waals surface area contributed by atoms with Gasteiger partial charge in [0.2, 0.25) is 0 Å². The van der Waals surface area contributed by atoms with Crippen LogP contribution in [0.1, 0.15) is 25.3 Å². The van der Waals surface area contributed by atoms with E-state index in [1.165, 1.54) is 6.20 Å². The van der Waals surface area contributed by atoms with Crippen molar-refractivity contribution in [2.24, 2.45) is 0 Å². The third-order valence-electron chi connectivity index (χ3n) is 2.47. The van der Waals surface area contributed by atoms with Gasteiger partial charge in [0.25, 0.3) is 0 Å². The summed E-state index contributed by atoms with van der Waals surface area (Å²) in [6.07, 6.45) is 4.22. The molecule has 1 atom stereocenters. The number of amides is 2. The van der Waals surface area contributed by atoms with Crippen molar-refractivity contribution < 1.29 is 14.7 Å². The second-order valence-corrected chi connectivity index (χ2v) is 3.97. The van der Waals surface area contributed by atoms with Gasteiger partial charge in [0, 0.05) is 6.20 Å². The molecule has 1 rings (SSSR count). The number of nitrogens with zero attached hydrogens (tertiary/aromatic N) is 1. The number of nitrogens with one attached hydrogen (secondary N) is 2. The van der Waals surface area contributed by atoms with E-state index in [1.54, 1.807) is 12.3 Å². The lowest BCUT2D eigenvalue weighted by Gasteiger charge is -2.14. The third kappa shape index (κ3) is 4.04. The summed E-state index contributed by atoms with van der Waals surface area (Å²) < 4.78 is 0. The highest BCUT2D eigenvalue weighted by molar-refractivity contribution is 5.92. The van der Waals surface area contributed by atoms with Crippen LogP contribution in [0.15, 0.2) is 18.5 Å². The molecule has 18 heavy (non-hydrogen) atoms. The number of aryl methyl sites for hydroxylation is 1. The summed E-state index contributed by atoms with van der Waals surface area (Å²) in [6.45, 7) is 3.69. The van der Waals surface area contributed by atoms with Gasteiger partial charge in [-0.2, -0.15) is 0 Å². The van der Waals surface area contributed by atoms with Crippen LogP contribution in [0, 0.1) is 6.92 Å². The number of urea groups is 1. The number of anilines is 1. The molecule has 0 bridgehead atoms. The number of aromatic nitrogens is 1. The Morgan fingerprint density at radius 2 is 2.22 bits per heavy atom. The van der Waals surface area contributed by atoms with Crippen LogP contribution in [0.4, 0.5) is 10.5 Å². The van der Waals surface area contributed by atoms with E-state index in [4.69, 9.17) is 5.11 Å². The average molecular weight is 251 g/mol. The first-order valence-electron chi connectivity index (χ1n) is 5.75. The number of hydrogen-bond acceptors (Lipinski definition) is 3. The summed E-state index contributed by atoms with van der Waals surface area (Å²) in [4.78, 5) is 26.4. The van der Waals surface area contributed by atoms with Gasteiger partial charge in [0.05, 0.1) is 11.9 Å². The molecule has 0 aliphatic carbocycles. The van der Waals surface area contributed by atoms with E-state index < -0.39 is 18.0 Å². The average Bonchev–Trinajstić information content (AvgIpc) is 2.31. The molecule has 0 fully saturated rings.